The summed E-state index contributed by atoms with van der Waals surface area (Å²) in [5, 5.41) is 3.13. The van der Waals surface area contributed by atoms with Gasteiger partial charge in [0, 0.05) is 12.5 Å². The molecule has 0 aromatic rings. The zero-order valence-electron chi connectivity index (χ0n) is 11.7. The number of hydrogen-bond donors (Lipinski definition) is 1. The van der Waals surface area contributed by atoms with E-state index in [0.29, 0.717) is 19.6 Å². The predicted octanol–water partition coefficient (Wildman–Crippen LogP) is 1.88. The van der Waals surface area contributed by atoms with Crippen molar-refractivity contribution >= 4 is 5.91 Å². The number of fused-ring (bicyclic) bond motifs is 1. The van der Waals surface area contributed by atoms with Gasteiger partial charge >= 0.3 is 0 Å². The van der Waals surface area contributed by atoms with Crippen molar-refractivity contribution in [3.05, 3.63) is 0 Å². The van der Waals surface area contributed by atoms with Crippen molar-refractivity contribution in [1.82, 2.24) is 5.32 Å². The topological polar surface area (TPSA) is 47.6 Å². The molecule has 2 rings (SSSR count). The fourth-order valence-electron chi connectivity index (χ4n) is 2.76. The molecular formula is C14H25NO3. The summed E-state index contributed by atoms with van der Waals surface area (Å²) in [7, 11) is 0. The van der Waals surface area contributed by atoms with Gasteiger partial charge in [-0.1, -0.05) is 20.8 Å². The van der Waals surface area contributed by atoms with Gasteiger partial charge in [-0.3, -0.25) is 4.79 Å². The second kappa shape index (κ2) is 5.57. The SMILES string of the molecule is CC(C)(C)CC(=O)NC1CCC2OCCOC2C1. The second-order valence-electron chi connectivity index (χ2n) is 6.63. The number of ether oxygens (including phenoxy) is 2. The summed E-state index contributed by atoms with van der Waals surface area (Å²) < 4.78 is 11.4. The normalized spacial score (nSPS) is 32.7. The maximum atomic E-state index is 11.9. The van der Waals surface area contributed by atoms with Gasteiger partial charge in [0.25, 0.3) is 0 Å². The Kier molecular flexibility index (Phi) is 4.28. The van der Waals surface area contributed by atoms with Crippen LogP contribution in [0.1, 0.15) is 46.5 Å². The van der Waals surface area contributed by atoms with Crippen molar-refractivity contribution in [3.63, 3.8) is 0 Å². The van der Waals surface area contributed by atoms with Gasteiger partial charge in [-0.05, 0) is 24.7 Å². The smallest absolute Gasteiger partial charge is 0.220 e. The molecule has 0 aromatic carbocycles. The van der Waals surface area contributed by atoms with Crippen LogP contribution in [0.4, 0.5) is 0 Å². The summed E-state index contributed by atoms with van der Waals surface area (Å²) in [6.45, 7) is 7.65. The maximum absolute atomic E-state index is 11.9. The number of amides is 1. The highest BCUT2D eigenvalue weighted by Crippen LogP contribution is 2.27. The number of rotatable bonds is 2. The van der Waals surface area contributed by atoms with Crippen LogP contribution in [0.5, 0.6) is 0 Å². The van der Waals surface area contributed by atoms with Crippen molar-refractivity contribution in [1.29, 1.82) is 0 Å². The van der Waals surface area contributed by atoms with Crippen molar-refractivity contribution in [2.24, 2.45) is 5.41 Å². The molecule has 2 aliphatic rings. The van der Waals surface area contributed by atoms with Crippen LogP contribution in [-0.4, -0.2) is 37.4 Å². The molecule has 3 atom stereocenters. The van der Waals surface area contributed by atoms with E-state index in [2.05, 4.69) is 26.1 Å². The highest BCUT2D eigenvalue weighted by atomic mass is 16.6. The zero-order chi connectivity index (χ0) is 13.2. The van der Waals surface area contributed by atoms with Gasteiger partial charge in [-0.25, -0.2) is 0 Å². The summed E-state index contributed by atoms with van der Waals surface area (Å²) >= 11 is 0. The fourth-order valence-corrected chi connectivity index (χ4v) is 2.76. The highest BCUT2D eigenvalue weighted by molar-refractivity contribution is 5.76. The quantitative estimate of drug-likeness (QED) is 0.819. The van der Waals surface area contributed by atoms with E-state index < -0.39 is 0 Å². The molecule has 3 unspecified atom stereocenters. The lowest BCUT2D eigenvalue weighted by atomic mass is 9.88. The van der Waals surface area contributed by atoms with E-state index in [1.165, 1.54) is 0 Å². The molecule has 1 heterocycles. The van der Waals surface area contributed by atoms with Crippen LogP contribution in [0, 0.1) is 5.41 Å². The standard InChI is InChI=1S/C14H25NO3/c1-14(2,3)9-13(16)15-10-4-5-11-12(8-10)18-7-6-17-11/h10-12H,4-9H2,1-3H3,(H,15,16). The van der Waals surface area contributed by atoms with Crippen LogP contribution in [0.2, 0.25) is 0 Å². The first-order chi connectivity index (χ1) is 8.44. The van der Waals surface area contributed by atoms with Crippen molar-refractivity contribution in [2.45, 2.75) is 64.7 Å². The molecule has 1 saturated heterocycles. The molecule has 4 heteroatoms. The molecule has 0 radical (unpaired) electrons. The van der Waals surface area contributed by atoms with Gasteiger partial charge in [-0.2, -0.15) is 0 Å². The molecule has 1 aliphatic carbocycles. The lowest BCUT2D eigenvalue weighted by Gasteiger charge is -2.39. The van der Waals surface area contributed by atoms with Gasteiger partial charge < -0.3 is 14.8 Å². The minimum atomic E-state index is 0.0474. The molecule has 2 fully saturated rings. The van der Waals surface area contributed by atoms with Crippen LogP contribution in [-0.2, 0) is 14.3 Å². The van der Waals surface area contributed by atoms with Crippen LogP contribution in [0.3, 0.4) is 0 Å². The van der Waals surface area contributed by atoms with Gasteiger partial charge in [0.15, 0.2) is 0 Å². The zero-order valence-corrected chi connectivity index (χ0v) is 11.7. The van der Waals surface area contributed by atoms with Crippen molar-refractivity contribution < 1.29 is 14.3 Å². The van der Waals surface area contributed by atoms with E-state index in [-0.39, 0.29) is 29.6 Å². The first-order valence-corrected chi connectivity index (χ1v) is 6.96. The summed E-state index contributed by atoms with van der Waals surface area (Å²) in [4.78, 5) is 11.9. The largest absolute Gasteiger partial charge is 0.373 e. The van der Waals surface area contributed by atoms with Crippen LogP contribution in [0.15, 0.2) is 0 Å². The lowest BCUT2D eigenvalue weighted by Crippen LogP contribution is -2.49. The third-order valence-corrected chi connectivity index (χ3v) is 3.53. The van der Waals surface area contributed by atoms with E-state index in [1.54, 1.807) is 0 Å². The summed E-state index contributed by atoms with van der Waals surface area (Å²) in [6, 6.07) is 0.253. The number of hydrogen-bond acceptors (Lipinski definition) is 3. The molecule has 1 N–H and O–H groups in total. The Bertz CT molecular complexity index is 298. The first-order valence-electron chi connectivity index (χ1n) is 6.96. The van der Waals surface area contributed by atoms with E-state index in [4.69, 9.17) is 9.47 Å². The van der Waals surface area contributed by atoms with E-state index >= 15 is 0 Å². The van der Waals surface area contributed by atoms with Gasteiger partial charge in [0.1, 0.15) is 0 Å². The highest BCUT2D eigenvalue weighted by Gasteiger charge is 2.34. The maximum Gasteiger partial charge on any atom is 0.220 e. The Labute approximate surface area is 109 Å². The third kappa shape index (κ3) is 3.95. The third-order valence-electron chi connectivity index (χ3n) is 3.53. The van der Waals surface area contributed by atoms with Crippen LogP contribution in [0.25, 0.3) is 0 Å². The molecule has 1 amide bonds. The first kappa shape index (κ1) is 13.8. The summed E-state index contributed by atoms with van der Waals surface area (Å²) in [5.41, 5.74) is 0.0474. The van der Waals surface area contributed by atoms with Crippen molar-refractivity contribution in [2.75, 3.05) is 13.2 Å². The molecule has 0 bridgehead atoms. The Morgan fingerprint density at radius 3 is 2.50 bits per heavy atom. The number of carbonyl (C=O) groups is 1. The molecule has 1 aliphatic heterocycles. The van der Waals surface area contributed by atoms with E-state index in [0.717, 1.165) is 19.3 Å². The van der Waals surface area contributed by atoms with Crippen molar-refractivity contribution in [3.8, 4) is 0 Å². The van der Waals surface area contributed by atoms with E-state index in [1.807, 2.05) is 0 Å². The summed E-state index contributed by atoms with van der Waals surface area (Å²) in [6.07, 6.45) is 3.88. The van der Waals surface area contributed by atoms with Crippen LogP contribution < -0.4 is 5.32 Å². The number of carbonyl (C=O) groups excluding carboxylic acids is 1. The Balaban J connectivity index is 1.79. The van der Waals surface area contributed by atoms with Gasteiger partial charge in [0.05, 0.1) is 25.4 Å². The Morgan fingerprint density at radius 1 is 1.17 bits per heavy atom. The minimum Gasteiger partial charge on any atom is -0.373 e. The lowest BCUT2D eigenvalue weighted by molar-refractivity contribution is -0.158. The fraction of sp³-hybridized carbons (Fsp3) is 0.929. The monoisotopic (exact) mass is 255 g/mol. The van der Waals surface area contributed by atoms with E-state index in [9.17, 15) is 4.79 Å². The van der Waals surface area contributed by atoms with Gasteiger partial charge in [-0.15, -0.1) is 0 Å². The molecule has 0 spiro atoms. The average Bonchev–Trinajstić information content (AvgIpc) is 2.26. The molecular weight excluding hydrogens is 230 g/mol. The molecule has 104 valence electrons. The minimum absolute atomic E-state index is 0.0474. The Morgan fingerprint density at radius 2 is 1.83 bits per heavy atom. The molecule has 18 heavy (non-hydrogen) atoms. The molecule has 0 aromatic heterocycles. The second-order valence-corrected chi connectivity index (χ2v) is 6.63. The molecule has 1 saturated carbocycles. The Hall–Kier alpha value is -0.610. The summed E-state index contributed by atoms with van der Waals surface area (Å²) in [5.74, 6) is 0.155. The van der Waals surface area contributed by atoms with Gasteiger partial charge in [0.2, 0.25) is 5.91 Å². The predicted molar refractivity (Wildman–Crippen MR) is 69.3 cm³/mol. The molecule has 4 nitrogen and oxygen atoms in total. The average molecular weight is 255 g/mol. The van der Waals surface area contributed by atoms with Crippen LogP contribution >= 0.6 is 0 Å². The number of nitrogens with one attached hydrogen (secondary N) is 1.